The predicted octanol–water partition coefficient (Wildman–Crippen LogP) is 0.256. The van der Waals surface area contributed by atoms with Gasteiger partial charge in [0.2, 0.25) is 0 Å². The maximum absolute atomic E-state index is 5.32. The van der Waals surface area contributed by atoms with Crippen LogP contribution in [0.25, 0.3) is 11.0 Å². The number of nitrogens with zero attached hydrogens (tertiary/aromatic N) is 5. The van der Waals surface area contributed by atoms with Gasteiger partial charge in [-0.15, -0.1) is 0 Å². The Kier molecular flexibility index (Phi) is 2.34. The van der Waals surface area contributed by atoms with Crippen LogP contribution in [0.3, 0.4) is 0 Å². The molecule has 0 saturated carbocycles. The Morgan fingerprint density at radius 1 is 1.06 bits per heavy atom. The lowest BCUT2D eigenvalue weighted by Crippen LogP contribution is -2.37. The van der Waals surface area contributed by atoms with Gasteiger partial charge < -0.3 is 9.64 Å². The molecule has 2 aromatic rings. The highest BCUT2D eigenvalue weighted by Crippen LogP contribution is 2.20. The third-order valence-electron chi connectivity index (χ3n) is 2.59. The largest absolute Gasteiger partial charge is 0.378 e. The predicted molar refractivity (Wildman–Crippen MR) is 58.2 cm³/mol. The van der Waals surface area contributed by atoms with Gasteiger partial charge >= 0.3 is 0 Å². The van der Waals surface area contributed by atoms with Crippen molar-refractivity contribution in [1.29, 1.82) is 0 Å². The molecule has 6 nitrogen and oxygen atoms in total. The molecule has 1 aliphatic heterocycles. The molecule has 3 heterocycles. The Labute approximate surface area is 92.3 Å². The van der Waals surface area contributed by atoms with Gasteiger partial charge in [0.15, 0.2) is 5.82 Å². The number of morpholine rings is 1. The molecule has 1 fully saturated rings. The Bertz CT molecular complexity index is 492. The van der Waals surface area contributed by atoms with Crippen LogP contribution in [0, 0.1) is 0 Å². The van der Waals surface area contributed by atoms with Crippen LogP contribution in [0.15, 0.2) is 18.9 Å². The van der Waals surface area contributed by atoms with Gasteiger partial charge in [-0.2, -0.15) is 0 Å². The van der Waals surface area contributed by atoms with E-state index in [9.17, 15) is 0 Å². The highest BCUT2D eigenvalue weighted by Gasteiger charge is 2.15. The van der Waals surface area contributed by atoms with Crippen LogP contribution < -0.4 is 4.90 Å². The van der Waals surface area contributed by atoms with Crippen molar-refractivity contribution >= 4 is 16.9 Å². The minimum atomic E-state index is 0.733. The molecular formula is C10H11N5O. The lowest BCUT2D eigenvalue weighted by atomic mass is 10.3. The van der Waals surface area contributed by atoms with E-state index in [2.05, 4.69) is 24.8 Å². The fourth-order valence-corrected chi connectivity index (χ4v) is 1.80. The molecule has 2 aromatic heterocycles. The summed E-state index contributed by atoms with van der Waals surface area (Å²) < 4.78 is 5.32. The van der Waals surface area contributed by atoms with E-state index in [1.54, 1.807) is 12.5 Å². The first-order chi connectivity index (χ1) is 7.95. The van der Waals surface area contributed by atoms with Crippen molar-refractivity contribution in [3.63, 3.8) is 0 Å². The van der Waals surface area contributed by atoms with Crippen molar-refractivity contribution < 1.29 is 4.74 Å². The van der Waals surface area contributed by atoms with Crippen LogP contribution in [0.1, 0.15) is 0 Å². The van der Waals surface area contributed by atoms with E-state index in [-0.39, 0.29) is 0 Å². The summed E-state index contributed by atoms with van der Waals surface area (Å²) >= 11 is 0. The number of anilines is 1. The van der Waals surface area contributed by atoms with E-state index in [4.69, 9.17) is 4.74 Å². The van der Waals surface area contributed by atoms with E-state index in [0.717, 1.165) is 43.2 Å². The normalized spacial score (nSPS) is 16.6. The molecule has 0 bridgehead atoms. The minimum absolute atomic E-state index is 0.733. The molecule has 1 aliphatic rings. The van der Waals surface area contributed by atoms with Gasteiger partial charge in [-0.1, -0.05) is 0 Å². The summed E-state index contributed by atoms with van der Waals surface area (Å²) in [5, 5.41) is 0. The number of aromatic nitrogens is 4. The SMILES string of the molecule is c1nc(N2CCOCC2)c2ncncc2n1. The summed E-state index contributed by atoms with van der Waals surface area (Å²) in [6, 6.07) is 0. The molecular weight excluding hydrogens is 206 g/mol. The quantitative estimate of drug-likeness (QED) is 0.682. The Hall–Kier alpha value is -1.82. The molecule has 0 radical (unpaired) electrons. The first kappa shape index (κ1) is 9.41. The first-order valence-corrected chi connectivity index (χ1v) is 5.18. The summed E-state index contributed by atoms with van der Waals surface area (Å²) in [4.78, 5) is 18.8. The molecule has 0 aliphatic carbocycles. The Morgan fingerprint density at radius 2 is 1.94 bits per heavy atom. The third kappa shape index (κ3) is 1.57. The van der Waals surface area contributed by atoms with Crippen LogP contribution in [0.2, 0.25) is 0 Å². The maximum atomic E-state index is 5.32. The summed E-state index contributed by atoms with van der Waals surface area (Å²) in [6.45, 7) is 3.15. The van der Waals surface area contributed by atoms with Crippen molar-refractivity contribution in [2.24, 2.45) is 0 Å². The van der Waals surface area contributed by atoms with Crippen molar-refractivity contribution in [3.8, 4) is 0 Å². The Balaban J connectivity index is 2.08. The number of rotatable bonds is 1. The zero-order valence-electron chi connectivity index (χ0n) is 8.70. The van der Waals surface area contributed by atoms with Crippen LogP contribution >= 0.6 is 0 Å². The van der Waals surface area contributed by atoms with E-state index in [1.165, 1.54) is 6.33 Å². The smallest absolute Gasteiger partial charge is 0.158 e. The number of hydrogen-bond acceptors (Lipinski definition) is 6. The van der Waals surface area contributed by atoms with E-state index in [0.29, 0.717) is 0 Å². The third-order valence-corrected chi connectivity index (χ3v) is 2.59. The topological polar surface area (TPSA) is 64.0 Å². The molecule has 0 amide bonds. The van der Waals surface area contributed by atoms with Gasteiger partial charge in [0.1, 0.15) is 23.7 Å². The molecule has 6 heteroatoms. The number of ether oxygens (including phenoxy) is 1. The van der Waals surface area contributed by atoms with Crippen molar-refractivity contribution in [1.82, 2.24) is 19.9 Å². The maximum Gasteiger partial charge on any atom is 0.158 e. The molecule has 0 N–H and O–H groups in total. The van der Waals surface area contributed by atoms with Gasteiger partial charge in [-0.25, -0.2) is 19.9 Å². The number of fused-ring (bicyclic) bond motifs is 1. The number of hydrogen-bond donors (Lipinski definition) is 0. The zero-order valence-corrected chi connectivity index (χ0v) is 8.70. The van der Waals surface area contributed by atoms with Gasteiger partial charge in [0, 0.05) is 13.1 Å². The van der Waals surface area contributed by atoms with Crippen LogP contribution in [-0.2, 0) is 4.74 Å². The van der Waals surface area contributed by atoms with Crippen molar-refractivity contribution in [3.05, 3.63) is 18.9 Å². The second kappa shape index (κ2) is 3.97. The van der Waals surface area contributed by atoms with Gasteiger partial charge in [0.05, 0.1) is 19.4 Å². The van der Waals surface area contributed by atoms with Crippen LogP contribution in [0.5, 0.6) is 0 Å². The van der Waals surface area contributed by atoms with E-state index >= 15 is 0 Å². The highest BCUT2D eigenvalue weighted by molar-refractivity contribution is 5.84. The molecule has 82 valence electrons. The summed E-state index contributed by atoms with van der Waals surface area (Å²) in [5.74, 6) is 0.871. The Morgan fingerprint density at radius 3 is 2.81 bits per heavy atom. The lowest BCUT2D eigenvalue weighted by Gasteiger charge is -2.27. The van der Waals surface area contributed by atoms with Gasteiger partial charge in [-0.3, -0.25) is 0 Å². The monoisotopic (exact) mass is 217 g/mol. The fraction of sp³-hybridized carbons (Fsp3) is 0.400. The molecule has 0 unspecified atom stereocenters. The molecule has 0 spiro atoms. The van der Waals surface area contributed by atoms with Gasteiger partial charge in [0.25, 0.3) is 0 Å². The summed E-state index contributed by atoms with van der Waals surface area (Å²) in [7, 11) is 0. The second-order valence-electron chi connectivity index (χ2n) is 3.55. The average molecular weight is 217 g/mol. The summed E-state index contributed by atoms with van der Waals surface area (Å²) in [5.41, 5.74) is 1.58. The molecule has 0 atom stereocenters. The standard InChI is InChI=1S/C10H11N5O/c1-3-16-4-2-15(1)10-9-8(12-7-14-10)5-11-6-13-9/h5-7H,1-4H2. The van der Waals surface area contributed by atoms with E-state index < -0.39 is 0 Å². The van der Waals surface area contributed by atoms with Gasteiger partial charge in [-0.05, 0) is 0 Å². The van der Waals surface area contributed by atoms with Crippen LogP contribution in [-0.4, -0.2) is 46.2 Å². The van der Waals surface area contributed by atoms with Crippen molar-refractivity contribution in [2.45, 2.75) is 0 Å². The van der Waals surface area contributed by atoms with E-state index in [1.807, 2.05) is 0 Å². The second-order valence-corrected chi connectivity index (χ2v) is 3.55. The van der Waals surface area contributed by atoms with Crippen LogP contribution in [0.4, 0.5) is 5.82 Å². The minimum Gasteiger partial charge on any atom is -0.378 e. The van der Waals surface area contributed by atoms with Crippen molar-refractivity contribution in [2.75, 3.05) is 31.2 Å². The first-order valence-electron chi connectivity index (χ1n) is 5.18. The molecule has 16 heavy (non-hydrogen) atoms. The molecule has 0 aromatic carbocycles. The zero-order chi connectivity index (χ0) is 10.8. The highest BCUT2D eigenvalue weighted by atomic mass is 16.5. The lowest BCUT2D eigenvalue weighted by molar-refractivity contribution is 0.122. The fourth-order valence-electron chi connectivity index (χ4n) is 1.80. The average Bonchev–Trinajstić information content (AvgIpc) is 2.39. The summed E-state index contributed by atoms with van der Waals surface area (Å²) in [6.07, 6.45) is 4.78. The molecule has 3 rings (SSSR count). The molecule has 1 saturated heterocycles.